The van der Waals surface area contributed by atoms with Crippen LogP contribution >= 0.6 is 0 Å². The van der Waals surface area contributed by atoms with Gasteiger partial charge in [0, 0.05) is 38.9 Å². The van der Waals surface area contributed by atoms with Crippen molar-refractivity contribution >= 4 is 23.3 Å². The molecule has 1 aromatic rings. The molecule has 1 amide bonds. The number of amides is 1. The fourth-order valence-electron chi connectivity index (χ4n) is 4.17. The lowest BCUT2D eigenvalue weighted by atomic mass is 9.95. The normalized spacial score (nSPS) is 15.5. The lowest BCUT2D eigenvalue weighted by Gasteiger charge is -2.40. The molecule has 0 bridgehead atoms. The van der Waals surface area contributed by atoms with Crippen LogP contribution in [0.2, 0.25) is 0 Å². The molecule has 0 N–H and O–H groups in total. The number of piperidine rings is 1. The van der Waals surface area contributed by atoms with Crippen molar-refractivity contribution in [3.8, 4) is 0 Å². The van der Waals surface area contributed by atoms with Gasteiger partial charge in [-0.15, -0.1) is 0 Å². The highest BCUT2D eigenvalue weighted by atomic mass is 16.6. The van der Waals surface area contributed by atoms with Gasteiger partial charge in [-0.05, 0) is 36.3 Å². The Bertz CT molecular complexity index is 805. The minimum atomic E-state index is -0.353. The van der Waals surface area contributed by atoms with Gasteiger partial charge < -0.3 is 19.3 Å². The van der Waals surface area contributed by atoms with E-state index in [1.807, 2.05) is 13.0 Å². The van der Waals surface area contributed by atoms with Crippen molar-refractivity contribution in [2.24, 2.45) is 5.92 Å². The van der Waals surface area contributed by atoms with E-state index in [0.29, 0.717) is 31.2 Å². The molecule has 0 aliphatic carbocycles. The van der Waals surface area contributed by atoms with Crippen LogP contribution in [0.1, 0.15) is 51.5 Å². The highest BCUT2D eigenvalue weighted by molar-refractivity contribution is 5.77. The third-order valence-corrected chi connectivity index (χ3v) is 5.86. The van der Waals surface area contributed by atoms with Crippen LogP contribution in [0.15, 0.2) is 18.2 Å². The van der Waals surface area contributed by atoms with E-state index in [1.165, 1.54) is 14.2 Å². The number of nitrogens with zero attached hydrogens (tertiary/aromatic N) is 3. The molecular formula is C23H35N3O6. The number of anilines is 1. The molecule has 1 fully saturated rings. The number of ether oxygens (including phenoxy) is 2. The largest absolute Gasteiger partial charge is 0.469 e. The van der Waals surface area contributed by atoms with Crippen molar-refractivity contribution in [1.29, 1.82) is 0 Å². The summed E-state index contributed by atoms with van der Waals surface area (Å²) < 4.78 is 9.68. The summed E-state index contributed by atoms with van der Waals surface area (Å²) in [6.07, 6.45) is 1.64. The van der Waals surface area contributed by atoms with Gasteiger partial charge in [0.2, 0.25) is 5.91 Å². The summed E-state index contributed by atoms with van der Waals surface area (Å²) in [5.41, 5.74) is 1.35. The maximum atomic E-state index is 12.1. The summed E-state index contributed by atoms with van der Waals surface area (Å²) in [5, 5.41) is 12.0. The number of likely N-dealkylation sites (tertiary alicyclic amines) is 1. The van der Waals surface area contributed by atoms with Gasteiger partial charge in [0.1, 0.15) is 12.3 Å². The van der Waals surface area contributed by atoms with E-state index >= 15 is 0 Å². The summed E-state index contributed by atoms with van der Waals surface area (Å²) >= 11 is 0. The summed E-state index contributed by atoms with van der Waals surface area (Å²) in [5.74, 6) is -0.263. The topological polar surface area (TPSA) is 102 Å². The molecule has 0 saturated carbocycles. The molecule has 1 saturated heterocycles. The van der Waals surface area contributed by atoms with E-state index in [9.17, 15) is 19.7 Å². The van der Waals surface area contributed by atoms with Crippen LogP contribution in [-0.4, -0.2) is 68.2 Å². The first-order valence-electron chi connectivity index (χ1n) is 11.1. The SMILES string of the molecule is COCC(=O)N1CCC(N(CC(C)C)c2ccc(C(C)CC(=O)OC)cc2[N+](=O)[O-])CC1. The van der Waals surface area contributed by atoms with Crippen LogP contribution in [0.5, 0.6) is 0 Å². The van der Waals surface area contributed by atoms with Crippen LogP contribution in [0.25, 0.3) is 0 Å². The quantitative estimate of drug-likeness (QED) is 0.307. The molecule has 1 aliphatic rings. The van der Waals surface area contributed by atoms with Gasteiger partial charge >= 0.3 is 5.97 Å². The number of nitro groups is 1. The number of methoxy groups -OCH3 is 2. The van der Waals surface area contributed by atoms with Gasteiger partial charge in [-0.25, -0.2) is 0 Å². The molecule has 0 aromatic heterocycles. The zero-order valence-electron chi connectivity index (χ0n) is 19.7. The van der Waals surface area contributed by atoms with E-state index < -0.39 is 0 Å². The highest BCUT2D eigenvalue weighted by Gasteiger charge is 2.31. The van der Waals surface area contributed by atoms with Gasteiger partial charge in [-0.3, -0.25) is 19.7 Å². The number of esters is 1. The van der Waals surface area contributed by atoms with Crippen LogP contribution in [-0.2, 0) is 19.1 Å². The molecule has 1 unspecified atom stereocenters. The molecule has 0 spiro atoms. The maximum Gasteiger partial charge on any atom is 0.306 e. The summed E-state index contributed by atoms with van der Waals surface area (Å²) in [6.45, 7) is 7.97. The second-order valence-corrected chi connectivity index (χ2v) is 8.78. The van der Waals surface area contributed by atoms with Gasteiger partial charge in [-0.2, -0.15) is 0 Å². The van der Waals surface area contributed by atoms with Crippen molar-refractivity contribution in [2.75, 3.05) is 45.4 Å². The third kappa shape index (κ3) is 6.66. The first-order valence-corrected chi connectivity index (χ1v) is 11.1. The van der Waals surface area contributed by atoms with Crippen molar-refractivity contribution in [3.05, 3.63) is 33.9 Å². The lowest BCUT2D eigenvalue weighted by Crippen LogP contribution is -2.48. The predicted octanol–water partition coefficient (Wildman–Crippen LogP) is 3.36. The Hall–Kier alpha value is -2.68. The molecule has 1 aliphatic heterocycles. The number of hydrogen-bond donors (Lipinski definition) is 0. The van der Waals surface area contributed by atoms with E-state index in [2.05, 4.69) is 18.7 Å². The van der Waals surface area contributed by atoms with Gasteiger partial charge in [0.15, 0.2) is 0 Å². The standard InChI is InChI=1S/C23H35N3O6/c1-16(2)14-25(19-8-10-24(11-9-19)22(27)15-31-4)20-7-6-18(13-21(20)26(29)30)17(3)12-23(28)32-5/h6-7,13,16-17,19H,8-12,14-15H2,1-5H3. The van der Waals surface area contributed by atoms with Crippen molar-refractivity contribution in [2.45, 2.75) is 52.0 Å². The minimum Gasteiger partial charge on any atom is -0.469 e. The Kier molecular flexibility index (Phi) is 9.43. The second kappa shape index (κ2) is 11.8. The van der Waals surface area contributed by atoms with Gasteiger partial charge in [-0.1, -0.05) is 26.8 Å². The summed E-state index contributed by atoms with van der Waals surface area (Å²) in [4.78, 5) is 39.3. The van der Waals surface area contributed by atoms with Crippen LogP contribution in [0, 0.1) is 16.0 Å². The van der Waals surface area contributed by atoms with Crippen molar-refractivity contribution in [1.82, 2.24) is 4.90 Å². The minimum absolute atomic E-state index is 0.0312. The van der Waals surface area contributed by atoms with Crippen molar-refractivity contribution in [3.63, 3.8) is 0 Å². The molecule has 9 heteroatoms. The van der Waals surface area contributed by atoms with E-state index in [-0.39, 0.29) is 47.5 Å². The van der Waals surface area contributed by atoms with Crippen molar-refractivity contribution < 1.29 is 24.0 Å². The van der Waals surface area contributed by atoms with E-state index in [0.717, 1.165) is 18.4 Å². The Balaban J connectivity index is 2.29. The number of carbonyl (C=O) groups is 2. The number of nitro benzene ring substituents is 1. The Morgan fingerprint density at radius 1 is 1.22 bits per heavy atom. The third-order valence-electron chi connectivity index (χ3n) is 5.86. The molecule has 178 valence electrons. The molecule has 2 rings (SSSR count). The first-order chi connectivity index (χ1) is 15.2. The van der Waals surface area contributed by atoms with Gasteiger partial charge in [0.05, 0.1) is 18.5 Å². The molecular weight excluding hydrogens is 414 g/mol. The zero-order chi connectivity index (χ0) is 23.8. The fraction of sp³-hybridized carbons (Fsp3) is 0.652. The van der Waals surface area contributed by atoms with E-state index in [4.69, 9.17) is 9.47 Å². The Labute approximate surface area is 189 Å². The van der Waals surface area contributed by atoms with E-state index in [1.54, 1.807) is 17.0 Å². The smallest absolute Gasteiger partial charge is 0.306 e. The molecule has 1 aromatic carbocycles. The molecule has 1 heterocycles. The monoisotopic (exact) mass is 449 g/mol. The maximum absolute atomic E-state index is 12.1. The fourth-order valence-corrected chi connectivity index (χ4v) is 4.17. The second-order valence-electron chi connectivity index (χ2n) is 8.78. The Morgan fingerprint density at radius 2 is 1.88 bits per heavy atom. The average Bonchev–Trinajstić information content (AvgIpc) is 2.77. The highest BCUT2D eigenvalue weighted by Crippen LogP contribution is 2.36. The molecule has 32 heavy (non-hydrogen) atoms. The molecule has 9 nitrogen and oxygen atoms in total. The summed E-state index contributed by atoms with van der Waals surface area (Å²) in [6, 6.07) is 5.33. The number of hydrogen-bond acceptors (Lipinski definition) is 7. The molecule has 0 radical (unpaired) electrons. The van der Waals surface area contributed by atoms with Crippen LogP contribution < -0.4 is 4.90 Å². The average molecular weight is 450 g/mol. The van der Waals surface area contributed by atoms with Crippen LogP contribution in [0.3, 0.4) is 0 Å². The lowest BCUT2D eigenvalue weighted by molar-refractivity contribution is -0.384. The van der Waals surface area contributed by atoms with Crippen LogP contribution in [0.4, 0.5) is 11.4 Å². The number of benzene rings is 1. The molecule has 1 atom stereocenters. The number of carbonyl (C=O) groups excluding carboxylic acids is 2. The van der Waals surface area contributed by atoms with Gasteiger partial charge in [0.25, 0.3) is 5.69 Å². The Morgan fingerprint density at radius 3 is 2.41 bits per heavy atom. The zero-order valence-corrected chi connectivity index (χ0v) is 19.7. The first kappa shape index (κ1) is 25.6. The number of rotatable bonds is 10. The predicted molar refractivity (Wildman–Crippen MR) is 122 cm³/mol. The summed E-state index contributed by atoms with van der Waals surface area (Å²) in [7, 11) is 2.84.